The average Bonchev–Trinajstić information content (AvgIpc) is 2.61. The van der Waals surface area contributed by atoms with E-state index in [1.165, 1.54) is 36.0 Å². The molecular weight excluding hydrogens is 310 g/mol. The fraction of sp³-hybridized carbons (Fsp3) is 0.455. The van der Waals surface area contributed by atoms with E-state index in [4.69, 9.17) is 0 Å². The van der Waals surface area contributed by atoms with Crippen LogP contribution in [0.25, 0.3) is 0 Å². The highest BCUT2D eigenvalue weighted by Gasteiger charge is 2.10. The summed E-state index contributed by atoms with van der Waals surface area (Å²) < 4.78 is 0. The number of nitrogens with one attached hydrogen (secondary N) is 1. The Morgan fingerprint density at radius 3 is 2.54 bits per heavy atom. The maximum Gasteiger partial charge on any atom is 0.0301 e. The number of benzene rings is 1. The lowest BCUT2D eigenvalue weighted by Crippen LogP contribution is -2.29. The highest BCUT2D eigenvalue weighted by molar-refractivity contribution is 8.01. The summed E-state index contributed by atoms with van der Waals surface area (Å²) in [7, 11) is 0. The van der Waals surface area contributed by atoms with Crippen LogP contribution in [0, 0.1) is 0 Å². The molecule has 0 spiro atoms. The summed E-state index contributed by atoms with van der Waals surface area (Å²) in [6.07, 6.45) is 10.2. The number of rotatable bonds is 11. The van der Waals surface area contributed by atoms with E-state index < -0.39 is 0 Å². The molecule has 0 aromatic heterocycles. The number of unbranched alkanes of at least 4 members (excludes halogenated alkanes) is 1. The molecule has 1 atom stereocenters. The predicted molar refractivity (Wildman–Crippen MR) is 111 cm³/mol. The topological polar surface area (TPSA) is 12.0 Å². The Bertz CT molecular complexity index is 542. The molecule has 0 amide bonds. The molecular formula is C22H33NS. The maximum atomic E-state index is 4.28. The Morgan fingerprint density at radius 2 is 1.92 bits per heavy atom. The van der Waals surface area contributed by atoms with Crippen LogP contribution in [0.15, 0.2) is 65.2 Å². The largest absolute Gasteiger partial charge is 0.383 e. The molecule has 1 aromatic carbocycles. The molecule has 1 N–H and O–H groups in total. The standard InChI is InChI=1S/C22H33NS/c1-6-7-13-22(15-14-21-11-9-8-10-12-21)23-20(4)19(3)18(2)16-17-24-5/h8-12,16-17,22-23H,4,6-7,13-15H2,1-3,5H3/b17-16-,19-18+/t22-/m1/s1. The molecule has 0 saturated heterocycles. The van der Waals surface area contributed by atoms with Crippen LogP contribution >= 0.6 is 11.8 Å². The Kier molecular flexibility index (Phi) is 10.3. The Balaban J connectivity index is 2.67. The normalized spacial score (nSPS) is 13.7. The van der Waals surface area contributed by atoms with E-state index in [0.717, 1.165) is 18.5 Å². The zero-order valence-corrected chi connectivity index (χ0v) is 16.6. The molecule has 0 saturated carbocycles. The average molecular weight is 344 g/mol. The van der Waals surface area contributed by atoms with Crippen molar-refractivity contribution in [2.24, 2.45) is 0 Å². The van der Waals surface area contributed by atoms with Crippen molar-refractivity contribution in [3.63, 3.8) is 0 Å². The van der Waals surface area contributed by atoms with Crippen molar-refractivity contribution < 1.29 is 0 Å². The van der Waals surface area contributed by atoms with Crippen molar-refractivity contribution in [2.75, 3.05) is 6.26 Å². The van der Waals surface area contributed by atoms with Crippen LogP contribution in [0.1, 0.15) is 52.0 Å². The summed E-state index contributed by atoms with van der Waals surface area (Å²) in [5.41, 5.74) is 5.01. The minimum absolute atomic E-state index is 0.491. The summed E-state index contributed by atoms with van der Waals surface area (Å²) in [5.74, 6) is 0. The minimum Gasteiger partial charge on any atom is -0.383 e. The molecule has 132 valence electrons. The molecule has 1 rings (SSSR count). The van der Waals surface area contributed by atoms with Gasteiger partial charge in [-0.2, -0.15) is 0 Å². The van der Waals surface area contributed by atoms with Crippen LogP contribution in [0.3, 0.4) is 0 Å². The van der Waals surface area contributed by atoms with Crippen molar-refractivity contribution in [2.45, 2.75) is 58.9 Å². The van der Waals surface area contributed by atoms with Crippen LogP contribution in [-0.2, 0) is 6.42 Å². The first-order valence-electron chi connectivity index (χ1n) is 8.95. The van der Waals surface area contributed by atoms with Crippen LogP contribution in [0.2, 0.25) is 0 Å². The molecule has 0 unspecified atom stereocenters. The van der Waals surface area contributed by atoms with Gasteiger partial charge in [0.15, 0.2) is 0 Å². The molecule has 0 aliphatic heterocycles. The second-order valence-electron chi connectivity index (χ2n) is 6.33. The fourth-order valence-corrected chi connectivity index (χ4v) is 2.95. The summed E-state index contributed by atoms with van der Waals surface area (Å²) in [4.78, 5) is 0. The van der Waals surface area contributed by atoms with Crippen LogP contribution < -0.4 is 5.32 Å². The fourth-order valence-electron chi connectivity index (χ4n) is 2.61. The van der Waals surface area contributed by atoms with Crippen molar-refractivity contribution >= 4 is 11.8 Å². The molecule has 0 aliphatic rings. The molecule has 1 aromatic rings. The van der Waals surface area contributed by atoms with Gasteiger partial charge >= 0.3 is 0 Å². The summed E-state index contributed by atoms with van der Waals surface area (Å²) >= 11 is 1.73. The number of thioether (sulfide) groups is 1. The lowest BCUT2D eigenvalue weighted by atomic mass is 9.99. The molecule has 0 bridgehead atoms. The van der Waals surface area contributed by atoms with Crippen molar-refractivity contribution in [3.8, 4) is 0 Å². The van der Waals surface area contributed by atoms with Gasteiger partial charge in [0.25, 0.3) is 0 Å². The Morgan fingerprint density at radius 1 is 1.21 bits per heavy atom. The van der Waals surface area contributed by atoms with Gasteiger partial charge in [-0.3, -0.25) is 0 Å². The van der Waals surface area contributed by atoms with Gasteiger partial charge in [0.1, 0.15) is 0 Å². The Hall–Kier alpha value is -1.41. The second-order valence-corrected chi connectivity index (χ2v) is 7.08. The van der Waals surface area contributed by atoms with E-state index >= 15 is 0 Å². The molecule has 0 radical (unpaired) electrons. The molecule has 0 heterocycles. The summed E-state index contributed by atoms with van der Waals surface area (Å²) in [6, 6.07) is 11.2. The quantitative estimate of drug-likeness (QED) is 0.461. The summed E-state index contributed by atoms with van der Waals surface area (Å²) in [6.45, 7) is 10.8. The first kappa shape index (κ1) is 20.6. The third-order valence-electron chi connectivity index (χ3n) is 4.41. The monoisotopic (exact) mass is 343 g/mol. The zero-order chi connectivity index (χ0) is 17.8. The van der Waals surface area contributed by atoms with Gasteiger partial charge in [0.05, 0.1) is 0 Å². The highest BCUT2D eigenvalue weighted by atomic mass is 32.2. The smallest absolute Gasteiger partial charge is 0.0301 e. The third kappa shape index (κ3) is 7.92. The van der Waals surface area contributed by atoms with E-state index in [9.17, 15) is 0 Å². The van der Waals surface area contributed by atoms with Crippen molar-refractivity contribution in [1.29, 1.82) is 0 Å². The van der Waals surface area contributed by atoms with Gasteiger partial charge < -0.3 is 5.32 Å². The van der Waals surface area contributed by atoms with Gasteiger partial charge in [-0.1, -0.05) is 62.8 Å². The number of allylic oxidation sites excluding steroid dienone is 3. The van der Waals surface area contributed by atoms with E-state index in [1.807, 2.05) is 0 Å². The first-order chi connectivity index (χ1) is 11.6. The second kappa shape index (κ2) is 12.0. The van der Waals surface area contributed by atoms with E-state index in [0.29, 0.717) is 6.04 Å². The molecule has 24 heavy (non-hydrogen) atoms. The number of hydrogen-bond donors (Lipinski definition) is 1. The lowest BCUT2D eigenvalue weighted by molar-refractivity contribution is 0.477. The van der Waals surface area contributed by atoms with Crippen LogP contribution in [-0.4, -0.2) is 12.3 Å². The molecule has 0 fully saturated rings. The zero-order valence-electron chi connectivity index (χ0n) is 15.8. The van der Waals surface area contributed by atoms with Crippen LogP contribution in [0.5, 0.6) is 0 Å². The highest BCUT2D eigenvalue weighted by Crippen LogP contribution is 2.17. The summed E-state index contributed by atoms with van der Waals surface area (Å²) in [5, 5.41) is 5.81. The molecule has 1 nitrogen and oxygen atoms in total. The lowest BCUT2D eigenvalue weighted by Gasteiger charge is -2.22. The predicted octanol–water partition coefficient (Wildman–Crippen LogP) is 6.49. The third-order valence-corrected chi connectivity index (χ3v) is 4.82. The van der Waals surface area contributed by atoms with Gasteiger partial charge in [-0.25, -0.2) is 0 Å². The van der Waals surface area contributed by atoms with Crippen LogP contribution in [0.4, 0.5) is 0 Å². The molecule has 2 heteroatoms. The van der Waals surface area contributed by atoms with Gasteiger partial charge in [-0.05, 0) is 61.5 Å². The number of hydrogen-bond acceptors (Lipinski definition) is 2. The van der Waals surface area contributed by atoms with Gasteiger partial charge in [0, 0.05) is 11.7 Å². The Labute approximate surface area is 153 Å². The van der Waals surface area contributed by atoms with Crippen molar-refractivity contribution in [3.05, 3.63) is 70.8 Å². The maximum absolute atomic E-state index is 4.28. The van der Waals surface area contributed by atoms with Crippen molar-refractivity contribution in [1.82, 2.24) is 5.32 Å². The van der Waals surface area contributed by atoms with E-state index in [1.54, 1.807) is 11.8 Å². The van der Waals surface area contributed by atoms with Gasteiger partial charge in [-0.15, -0.1) is 11.8 Å². The molecule has 0 aliphatic carbocycles. The minimum atomic E-state index is 0.491. The van der Waals surface area contributed by atoms with E-state index in [2.05, 4.69) is 80.7 Å². The number of aryl methyl sites for hydroxylation is 1. The van der Waals surface area contributed by atoms with Gasteiger partial charge in [0.2, 0.25) is 0 Å². The first-order valence-corrected chi connectivity index (χ1v) is 10.2. The SMILES string of the molecule is C=C(N[C@H](CCCC)CCc1ccccc1)/C(C)=C(C)/C=C\SC. The van der Waals surface area contributed by atoms with E-state index in [-0.39, 0.29) is 0 Å².